The first kappa shape index (κ1) is 16.8. The van der Waals surface area contributed by atoms with Crippen molar-refractivity contribution in [2.45, 2.75) is 71.9 Å². The van der Waals surface area contributed by atoms with E-state index >= 15 is 0 Å². The largest absolute Gasteiger partial charge is 0.348 e. The predicted molar refractivity (Wildman–Crippen MR) is 93.4 cm³/mol. The maximum atomic E-state index is 5.00. The Morgan fingerprint density at radius 1 is 1.38 bits per heavy atom. The SMILES string of the molecule is CCCNCc1sc(N(C)C(C)C2CC2)nc1C(C)(C)C. The molecule has 0 amide bonds. The molecule has 1 saturated carbocycles. The lowest BCUT2D eigenvalue weighted by molar-refractivity contribution is 0.555. The lowest BCUT2D eigenvalue weighted by atomic mass is 9.91. The second-order valence-corrected chi connectivity index (χ2v) is 8.45. The third kappa shape index (κ3) is 4.19. The van der Waals surface area contributed by atoms with Gasteiger partial charge in [0.05, 0.1) is 5.69 Å². The van der Waals surface area contributed by atoms with E-state index in [2.05, 4.69) is 51.9 Å². The molecule has 1 fully saturated rings. The molecule has 4 heteroatoms. The second kappa shape index (κ2) is 6.66. The average molecular weight is 310 g/mol. The van der Waals surface area contributed by atoms with Crippen LogP contribution in [0.1, 0.15) is 64.5 Å². The number of aromatic nitrogens is 1. The number of hydrogen-bond acceptors (Lipinski definition) is 4. The minimum atomic E-state index is 0.113. The van der Waals surface area contributed by atoms with E-state index in [4.69, 9.17) is 4.98 Å². The van der Waals surface area contributed by atoms with Crippen molar-refractivity contribution in [3.63, 3.8) is 0 Å². The van der Waals surface area contributed by atoms with Crippen molar-refractivity contribution in [3.8, 4) is 0 Å². The Labute approximate surface area is 134 Å². The molecule has 3 nitrogen and oxygen atoms in total. The summed E-state index contributed by atoms with van der Waals surface area (Å²) in [5.41, 5.74) is 1.38. The molecule has 1 heterocycles. The highest BCUT2D eigenvalue weighted by Crippen LogP contribution is 2.39. The first-order valence-corrected chi connectivity index (χ1v) is 9.10. The minimum Gasteiger partial charge on any atom is -0.348 e. The molecule has 120 valence electrons. The van der Waals surface area contributed by atoms with Crippen molar-refractivity contribution >= 4 is 16.5 Å². The Kier molecular flexibility index (Phi) is 5.31. The summed E-state index contributed by atoms with van der Waals surface area (Å²) >= 11 is 1.87. The van der Waals surface area contributed by atoms with Crippen molar-refractivity contribution in [2.24, 2.45) is 5.92 Å². The van der Waals surface area contributed by atoms with E-state index in [9.17, 15) is 0 Å². The minimum absolute atomic E-state index is 0.113. The number of thiazole rings is 1. The zero-order valence-electron chi connectivity index (χ0n) is 14.5. The standard InChI is InChI=1S/C17H31N3S/c1-7-10-18-11-14-15(17(3,4)5)19-16(21-14)20(6)12(2)13-8-9-13/h12-13,18H,7-11H2,1-6H3. The fourth-order valence-corrected chi connectivity index (χ4v) is 3.93. The highest BCUT2D eigenvalue weighted by atomic mass is 32.1. The number of nitrogens with one attached hydrogen (secondary N) is 1. The van der Waals surface area contributed by atoms with Crippen molar-refractivity contribution in [1.82, 2.24) is 10.3 Å². The zero-order chi connectivity index (χ0) is 15.6. The van der Waals surface area contributed by atoms with Gasteiger partial charge in [-0.3, -0.25) is 0 Å². The second-order valence-electron chi connectivity index (χ2n) is 7.38. The topological polar surface area (TPSA) is 28.2 Å². The van der Waals surface area contributed by atoms with Gasteiger partial charge in [0, 0.05) is 29.9 Å². The lowest BCUT2D eigenvalue weighted by Gasteiger charge is -2.24. The summed E-state index contributed by atoms with van der Waals surface area (Å²) in [7, 11) is 2.21. The van der Waals surface area contributed by atoms with E-state index in [1.165, 1.54) is 35.0 Å². The van der Waals surface area contributed by atoms with E-state index in [0.29, 0.717) is 6.04 Å². The monoisotopic (exact) mass is 309 g/mol. The summed E-state index contributed by atoms with van der Waals surface area (Å²) in [6.45, 7) is 13.4. The molecule has 1 atom stereocenters. The average Bonchev–Trinajstić information content (AvgIpc) is 3.16. The van der Waals surface area contributed by atoms with Gasteiger partial charge in [0.15, 0.2) is 5.13 Å². The highest BCUT2D eigenvalue weighted by molar-refractivity contribution is 7.15. The van der Waals surface area contributed by atoms with Gasteiger partial charge in [-0.1, -0.05) is 27.7 Å². The summed E-state index contributed by atoms with van der Waals surface area (Å²) < 4.78 is 0. The number of anilines is 1. The van der Waals surface area contributed by atoms with E-state index in [1.54, 1.807) is 0 Å². The van der Waals surface area contributed by atoms with E-state index < -0.39 is 0 Å². The van der Waals surface area contributed by atoms with Crippen molar-refractivity contribution in [2.75, 3.05) is 18.5 Å². The van der Waals surface area contributed by atoms with E-state index in [1.807, 2.05) is 11.3 Å². The van der Waals surface area contributed by atoms with Crippen LogP contribution in [0.2, 0.25) is 0 Å². The van der Waals surface area contributed by atoms with Crippen LogP contribution >= 0.6 is 11.3 Å². The Hall–Kier alpha value is -0.610. The maximum absolute atomic E-state index is 5.00. The molecule has 1 N–H and O–H groups in total. The molecule has 1 aromatic rings. The van der Waals surface area contributed by atoms with Crippen molar-refractivity contribution in [3.05, 3.63) is 10.6 Å². The molecule has 21 heavy (non-hydrogen) atoms. The Balaban J connectivity index is 2.18. The van der Waals surface area contributed by atoms with Gasteiger partial charge >= 0.3 is 0 Å². The third-order valence-electron chi connectivity index (χ3n) is 4.33. The lowest BCUT2D eigenvalue weighted by Crippen LogP contribution is -2.30. The molecular weight excluding hydrogens is 278 g/mol. The fraction of sp³-hybridized carbons (Fsp3) is 0.824. The summed E-state index contributed by atoms with van der Waals surface area (Å²) in [6.07, 6.45) is 3.94. The van der Waals surface area contributed by atoms with E-state index in [-0.39, 0.29) is 5.41 Å². The van der Waals surface area contributed by atoms with Crippen molar-refractivity contribution in [1.29, 1.82) is 0 Å². The van der Waals surface area contributed by atoms with Crippen LogP contribution in [0.5, 0.6) is 0 Å². The molecule has 0 aromatic carbocycles. The fourth-order valence-electron chi connectivity index (χ4n) is 2.64. The van der Waals surface area contributed by atoms with Crippen LogP contribution in [0.25, 0.3) is 0 Å². The van der Waals surface area contributed by atoms with Crippen molar-refractivity contribution < 1.29 is 0 Å². The van der Waals surface area contributed by atoms with E-state index in [0.717, 1.165) is 19.0 Å². The molecule has 1 unspecified atom stereocenters. The smallest absolute Gasteiger partial charge is 0.185 e. The number of rotatable bonds is 7. The zero-order valence-corrected chi connectivity index (χ0v) is 15.3. The Bertz CT molecular complexity index is 457. The van der Waals surface area contributed by atoms with Gasteiger partial charge in [-0.25, -0.2) is 4.98 Å². The van der Waals surface area contributed by atoms with Gasteiger partial charge in [-0.2, -0.15) is 0 Å². The molecule has 0 aliphatic heterocycles. The molecule has 2 rings (SSSR count). The maximum Gasteiger partial charge on any atom is 0.185 e. The first-order chi connectivity index (χ1) is 9.84. The number of nitrogens with zero attached hydrogens (tertiary/aromatic N) is 2. The molecule has 0 radical (unpaired) electrons. The van der Waals surface area contributed by atoms with Crippen LogP contribution in [0.15, 0.2) is 0 Å². The van der Waals surface area contributed by atoms with Gasteiger partial charge < -0.3 is 10.2 Å². The predicted octanol–water partition coefficient (Wildman–Crippen LogP) is 4.17. The molecular formula is C17H31N3S. The summed E-state index contributed by atoms with van der Waals surface area (Å²) in [5.74, 6) is 0.874. The first-order valence-electron chi connectivity index (χ1n) is 8.28. The molecule has 1 aromatic heterocycles. The summed E-state index contributed by atoms with van der Waals surface area (Å²) in [4.78, 5) is 8.79. The van der Waals surface area contributed by atoms with Gasteiger partial charge in [0.25, 0.3) is 0 Å². The highest BCUT2D eigenvalue weighted by Gasteiger charge is 2.32. The molecule has 0 spiro atoms. The van der Waals surface area contributed by atoms with Gasteiger partial charge in [0.2, 0.25) is 0 Å². The van der Waals surface area contributed by atoms with Crippen LogP contribution in [0.3, 0.4) is 0 Å². The van der Waals surface area contributed by atoms with Crippen LogP contribution in [-0.4, -0.2) is 24.6 Å². The Morgan fingerprint density at radius 3 is 2.57 bits per heavy atom. The Morgan fingerprint density at radius 2 is 2.05 bits per heavy atom. The van der Waals surface area contributed by atoms with Gasteiger partial charge in [0.1, 0.15) is 0 Å². The molecule has 1 aliphatic carbocycles. The quantitative estimate of drug-likeness (QED) is 0.766. The molecule has 0 bridgehead atoms. The van der Waals surface area contributed by atoms with Crippen LogP contribution in [0, 0.1) is 5.92 Å². The van der Waals surface area contributed by atoms with Gasteiger partial charge in [-0.15, -0.1) is 11.3 Å². The van der Waals surface area contributed by atoms with Crippen LogP contribution in [-0.2, 0) is 12.0 Å². The van der Waals surface area contributed by atoms with Gasteiger partial charge in [-0.05, 0) is 38.6 Å². The molecule has 1 aliphatic rings. The summed E-state index contributed by atoms with van der Waals surface area (Å²) in [5, 5.41) is 4.72. The van der Waals surface area contributed by atoms with Crippen LogP contribution in [0.4, 0.5) is 5.13 Å². The molecule has 0 saturated heterocycles. The summed E-state index contributed by atoms with van der Waals surface area (Å²) in [6, 6.07) is 0.611. The normalized spacial score (nSPS) is 17.0. The van der Waals surface area contributed by atoms with Crippen LogP contribution < -0.4 is 10.2 Å². The third-order valence-corrected chi connectivity index (χ3v) is 5.47. The number of hydrogen-bond donors (Lipinski definition) is 1.